The molecule has 1 N–H and O–H groups in total. The molecule has 2 heterocycles. The van der Waals surface area contributed by atoms with Gasteiger partial charge in [-0.1, -0.05) is 0 Å². The number of nitrogens with zero attached hydrogens (tertiary/aromatic N) is 5. The quantitative estimate of drug-likeness (QED) is 0.820. The van der Waals surface area contributed by atoms with Gasteiger partial charge in [-0.05, 0) is 0 Å². The van der Waals surface area contributed by atoms with Crippen LogP contribution in [-0.4, -0.2) is 62.5 Å². The molecule has 2 rings (SSSR count). The molecule has 0 unspecified atom stereocenters. The monoisotopic (exact) mass is 354 g/mol. The van der Waals surface area contributed by atoms with Crippen molar-refractivity contribution in [3.05, 3.63) is 48.6 Å². The van der Waals surface area contributed by atoms with E-state index >= 15 is 0 Å². The highest BCUT2D eigenvalue weighted by Gasteiger charge is 2.33. The number of alkyl halides is 3. The van der Waals surface area contributed by atoms with Crippen molar-refractivity contribution >= 4 is 11.8 Å². The Morgan fingerprint density at radius 1 is 1.00 bits per heavy atom. The number of halogens is 3. The summed E-state index contributed by atoms with van der Waals surface area (Å²) < 4.78 is 38.1. The normalized spacial score (nSPS) is 11.0. The molecule has 2 aromatic heterocycles. The molecular formula is C14H13F3N6O2. The third-order valence-corrected chi connectivity index (χ3v) is 2.90. The van der Waals surface area contributed by atoms with E-state index in [9.17, 15) is 22.8 Å². The number of aromatic nitrogens is 4. The van der Waals surface area contributed by atoms with Crippen LogP contribution < -0.4 is 5.32 Å². The zero-order valence-corrected chi connectivity index (χ0v) is 12.8. The molecule has 0 aliphatic carbocycles. The van der Waals surface area contributed by atoms with Gasteiger partial charge in [-0.3, -0.25) is 19.6 Å². The molecule has 2 aromatic rings. The Hall–Kier alpha value is -3.11. The maximum absolute atomic E-state index is 12.7. The van der Waals surface area contributed by atoms with Crippen LogP contribution in [0.1, 0.15) is 21.0 Å². The maximum atomic E-state index is 12.7. The lowest BCUT2D eigenvalue weighted by Gasteiger charge is -2.23. The molecule has 0 aromatic carbocycles. The third-order valence-electron chi connectivity index (χ3n) is 2.90. The van der Waals surface area contributed by atoms with Crippen molar-refractivity contribution in [2.24, 2.45) is 0 Å². The summed E-state index contributed by atoms with van der Waals surface area (Å²) >= 11 is 0. The van der Waals surface area contributed by atoms with Gasteiger partial charge in [0.05, 0.1) is 12.4 Å². The molecule has 8 nitrogen and oxygen atoms in total. The van der Waals surface area contributed by atoms with E-state index in [2.05, 4.69) is 25.3 Å². The largest absolute Gasteiger partial charge is 0.406 e. The Bertz CT molecular complexity index is 712. The van der Waals surface area contributed by atoms with Gasteiger partial charge in [-0.15, -0.1) is 0 Å². The first-order valence-corrected chi connectivity index (χ1v) is 7.03. The minimum atomic E-state index is -4.59. The standard InChI is InChI=1S/C14H13F3N6O2/c15-14(16,17)9-23(13(25)11-8-19-2-4-21-11)6-5-22-12(24)10-7-18-1-3-20-10/h1-4,7-8H,5-6,9H2,(H,22,24). The molecule has 2 amide bonds. The molecule has 0 bridgehead atoms. The highest BCUT2D eigenvalue weighted by molar-refractivity contribution is 5.93. The van der Waals surface area contributed by atoms with Gasteiger partial charge < -0.3 is 10.2 Å². The van der Waals surface area contributed by atoms with Gasteiger partial charge in [0, 0.05) is 37.9 Å². The summed E-state index contributed by atoms with van der Waals surface area (Å²) in [5, 5.41) is 2.38. The fourth-order valence-corrected chi connectivity index (χ4v) is 1.85. The first-order valence-electron chi connectivity index (χ1n) is 7.03. The van der Waals surface area contributed by atoms with Crippen LogP contribution in [-0.2, 0) is 0 Å². The number of carbonyl (C=O) groups is 2. The Labute approximate surface area is 140 Å². The summed E-state index contributed by atoms with van der Waals surface area (Å²) in [6.07, 6.45) is 2.88. The van der Waals surface area contributed by atoms with Gasteiger partial charge >= 0.3 is 6.18 Å². The van der Waals surface area contributed by atoms with E-state index in [-0.39, 0.29) is 24.5 Å². The lowest BCUT2D eigenvalue weighted by atomic mass is 10.3. The molecule has 0 saturated heterocycles. The zero-order chi connectivity index (χ0) is 18.3. The van der Waals surface area contributed by atoms with Gasteiger partial charge in [0.2, 0.25) is 0 Å². The van der Waals surface area contributed by atoms with Crippen LogP contribution in [0.2, 0.25) is 0 Å². The lowest BCUT2D eigenvalue weighted by Crippen LogP contribution is -2.43. The van der Waals surface area contributed by atoms with E-state index in [1.165, 1.54) is 31.0 Å². The van der Waals surface area contributed by atoms with Crippen LogP contribution in [0, 0.1) is 0 Å². The molecule has 0 fully saturated rings. The van der Waals surface area contributed by atoms with E-state index in [1.54, 1.807) is 0 Å². The van der Waals surface area contributed by atoms with E-state index < -0.39 is 24.5 Å². The molecular weight excluding hydrogens is 341 g/mol. The van der Waals surface area contributed by atoms with Crippen molar-refractivity contribution in [1.29, 1.82) is 0 Å². The third kappa shape index (κ3) is 5.79. The minimum Gasteiger partial charge on any atom is -0.349 e. The van der Waals surface area contributed by atoms with Crippen molar-refractivity contribution in [1.82, 2.24) is 30.2 Å². The van der Waals surface area contributed by atoms with Crippen LogP contribution >= 0.6 is 0 Å². The predicted molar refractivity (Wildman–Crippen MR) is 78.4 cm³/mol. The molecule has 0 spiro atoms. The lowest BCUT2D eigenvalue weighted by molar-refractivity contribution is -0.140. The smallest absolute Gasteiger partial charge is 0.349 e. The first kappa shape index (κ1) is 18.2. The molecule has 11 heteroatoms. The van der Waals surface area contributed by atoms with Gasteiger partial charge in [-0.25, -0.2) is 9.97 Å². The Morgan fingerprint density at radius 2 is 1.60 bits per heavy atom. The Balaban J connectivity index is 1.99. The summed E-state index contributed by atoms with van der Waals surface area (Å²) in [6.45, 7) is -2.03. The van der Waals surface area contributed by atoms with Crippen LogP contribution in [0.3, 0.4) is 0 Å². The number of amides is 2. The SMILES string of the molecule is O=C(NCCN(CC(F)(F)F)C(=O)c1cnccn1)c1cnccn1. The van der Waals surface area contributed by atoms with Crippen LogP contribution in [0.5, 0.6) is 0 Å². The number of carbonyl (C=O) groups excluding carboxylic acids is 2. The van der Waals surface area contributed by atoms with Crippen molar-refractivity contribution in [2.75, 3.05) is 19.6 Å². The summed E-state index contributed by atoms with van der Waals surface area (Å²) in [7, 11) is 0. The highest BCUT2D eigenvalue weighted by Crippen LogP contribution is 2.17. The summed E-state index contributed by atoms with van der Waals surface area (Å²) in [5.74, 6) is -1.54. The average molecular weight is 354 g/mol. The molecule has 0 atom stereocenters. The Kier molecular flexibility index (Phi) is 5.93. The molecule has 0 aliphatic rings. The molecule has 0 saturated carbocycles. The Morgan fingerprint density at radius 3 is 2.12 bits per heavy atom. The van der Waals surface area contributed by atoms with Gasteiger partial charge in [0.1, 0.15) is 17.9 Å². The van der Waals surface area contributed by atoms with Gasteiger partial charge in [0.25, 0.3) is 11.8 Å². The van der Waals surface area contributed by atoms with Crippen molar-refractivity contribution < 1.29 is 22.8 Å². The van der Waals surface area contributed by atoms with E-state index in [1.807, 2.05) is 0 Å². The van der Waals surface area contributed by atoms with Gasteiger partial charge in [-0.2, -0.15) is 13.2 Å². The second-order valence-corrected chi connectivity index (χ2v) is 4.78. The van der Waals surface area contributed by atoms with Gasteiger partial charge in [0.15, 0.2) is 0 Å². The van der Waals surface area contributed by atoms with Crippen LogP contribution in [0.25, 0.3) is 0 Å². The second-order valence-electron chi connectivity index (χ2n) is 4.78. The second kappa shape index (κ2) is 8.13. The fourth-order valence-electron chi connectivity index (χ4n) is 1.85. The fraction of sp³-hybridized carbons (Fsp3) is 0.286. The molecule has 25 heavy (non-hydrogen) atoms. The van der Waals surface area contributed by atoms with Crippen molar-refractivity contribution in [3.8, 4) is 0 Å². The van der Waals surface area contributed by atoms with E-state index in [0.29, 0.717) is 4.90 Å². The minimum absolute atomic E-state index is 0.0186. The van der Waals surface area contributed by atoms with Crippen molar-refractivity contribution in [3.63, 3.8) is 0 Å². The summed E-state index contributed by atoms with van der Waals surface area (Å²) in [6, 6.07) is 0. The highest BCUT2D eigenvalue weighted by atomic mass is 19.4. The predicted octanol–water partition coefficient (Wildman–Crippen LogP) is 0.701. The van der Waals surface area contributed by atoms with E-state index in [0.717, 1.165) is 6.20 Å². The number of hydrogen-bond donors (Lipinski definition) is 1. The molecule has 0 radical (unpaired) electrons. The number of nitrogens with one attached hydrogen (secondary N) is 1. The topological polar surface area (TPSA) is 101 Å². The maximum Gasteiger partial charge on any atom is 0.406 e. The van der Waals surface area contributed by atoms with E-state index in [4.69, 9.17) is 0 Å². The first-order chi connectivity index (χ1) is 11.9. The number of hydrogen-bond acceptors (Lipinski definition) is 6. The van der Waals surface area contributed by atoms with Crippen LogP contribution in [0.15, 0.2) is 37.2 Å². The molecule has 0 aliphatic heterocycles. The molecule has 132 valence electrons. The van der Waals surface area contributed by atoms with Crippen molar-refractivity contribution in [2.45, 2.75) is 6.18 Å². The van der Waals surface area contributed by atoms with Crippen LogP contribution in [0.4, 0.5) is 13.2 Å². The summed E-state index contributed by atoms with van der Waals surface area (Å²) in [4.78, 5) is 39.3. The summed E-state index contributed by atoms with van der Waals surface area (Å²) in [5.41, 5.74) is -0.197. The zero-order valence-electron chi connectivity index (χ0n) is 12.8. The average Bonchev–Trinajstić information content (AvgIpc) is 2.60. The number of rotatable bonds is 6.